The number of hydrogen-bond donors (Lipinski definition) is 1. The molecule has 0 radical (unpaired) electrons. The number of para-hydroxylation sites is 1. The lowest BCUT2D eigenvalue weighted by molar-refractivity contribution is -0.137. The van der Waals surface area contributed by atoms with Gasteiger partial charge in [-0.15, -0.1) is 0 Å². The van der Waals surface area contributed by atoms with Crippen molar-refractivity contribution in [1.82, 2.24) is 9.97 Å². The second-order valence-corrected chi connectivity index (χ2v) is 6.09. The Balaban J connectivity index is 1.90. The van der Waals surface area contributed by atoms with E-state index in [0.717, 1.165) is 12.1 Å². The number of halogens is 3. The van der Waals surface area contributed by atoms with Gasteiger partial charge in [0, 0.05) is 18.3 Å². The number of hydrogen-bond acceptors (Lipinski definition) is 3. The molecule has 2 heterocycles. The minimum atomic E-state index is -4.47. The number of nitrogens with one attached hydrogen (secondary N) is 1. The van der Waals surface area contributed by atoms with Gasteiger partial charge < -0.3 is 9.88 Å². The molecule has 1 aliphatic rings. The van der Waals surface area contributed by atoms with Crippen LogP contribution in [0.1, 0.15) is 5.56 Å². The lowest BCUT2D eigenvalue weighted by Crippen LogP contribution is -2.19. The Kier molecular flexibility index (Phi) is 4.07. The molecule has 0 amide bonds. The van der Waals surface area contributed by atoms with Gasteiger partial charge in [-0.1, -0.05) is 30.4 Å². The minimum absolute atomic E-state index is 0.0996. The average molecular weight is 369 g/mol. The minimum Gasteiger partial charge on any atom is -0.342 e. The number of benzene rings is 2. The van der Waals surface area contributed by atoms with Gasteiger partial charge in [0.1, 0.15) is 11.3 Å². The number of nitrogens with zero attached hydrogens (tertiary/aromatic N) is 2. The summed E-state index contributed by atoms with van der Waals surface area (Å²) in [5.74, 6) is 0.0996. The van der Waals surface area contributed by atoms with Crippen LogP contribution in [-0.4, -0.2) is 16.5 Å². The summed E-state index contributed by atoms with van der Waals surface area (Å²) < 4.78 is 39.0. The zero-order valence-corrected chi connectivity index (χ0v) is 14.0. The van der Waals surface area contributed by atoms with E-state index in [1.807, 2.05) is 35.4 Å². The molecule has 7 heteroatoms. The topological polar surface area (TPSA) is 49.0 Å². The summed E-state index contributed by atoms with van der Waals surface area (Å²) in [4.78, 5) is 21.5. The number of alkyl halides is 3. The summed E-state index contributed by atoms with van der Waals surface area (Å²) in [6.07, 6.45) is 3.13. The monoisotopic (exact) mass is 369 g/mol. The second kappa shape index (κ2) is 6.42. The molecule has 1 aliphatic heterocycles. The first-order valence-corrected chi connectivity index (χ1v) is 8.24. The zero-order chi connectivity index (χ0) is 19.0. The van der Waals surface area contributed by atoms with Crippen molar-refractivity contribution in [2.45, 2.75) is 6.18 Å². The van der Waals surface area contributed by atoms with Crippen molar-refractivity contribution < 1.29 is 13.2 Å². The number of H-pyrrole nitrogens is 1. The predicted octanol–water partition coefficient (Wildman–Crippen LogP) is 4.50. The Bertz CT molecular complexity index is 1130. The van der Waals surface area contributed by atoms with Crippen LogP contribution in [0.3, 0.4) is 0 Å². The Labute approximate surface area is 152 Å². The summed E-state index contributed by atoms with van der Waals surface area (Å²) in [5.41, 5.74) is 0.166. The maximum atomic E-state index is 13.0. The molecular weight excluding hydrogens is 355 g/mol. The summed E-state index contributed by atoms with van der Waals surface area (Å²) in [7, 11) is 0. The fraction of sp³-hybridized carbons (Fsp3) is 0.100. The average Bonchev–Trinajstić information content (AvgIpc) is 2.68. The number of aromatic amines is 1. The van der Waals surface area contributed by atoms with Crippen molar-refractivity contribution >= 4 is 16.6 Å². The molecule has 0 saturated carbocycles. The number of fused-ring (bicyclic) bond motifs is 1. The van der Waals surface area contributed by atoms with Gasteiger partial charge in [0.15, 0.2) is 0 Å². The largest absolute Gasteiger partial charge is 0.416 e. The zero-order valence-electron chi connectivity index (χ0n) is 14.0. The molecule has 3 aromatic rings. The van der Waals surface area contributed by atoms with Crippen molar-refractivity contribution in [3.8, 4) is 11.4 Å². The highest BCUT2D eigenvalue weighted by molar-refractivity contribution is 5.92. The lowest BCUT2D eigenvalue weighted by atomic mass is 10.1. The molecule has 4 nitrogen and oxygen atoms in total. The van der Waals surface area contributed by atoms with Crippen molar-refractivity contribution in [3.05, 3.63) is 82.8 Å². The molecule has 27 heavy (non-hydrogen) atoms. The first-order chi connectivity index (χ1) is 12.9. The molecule has 136 valence electrons. The smallest absolute Gasteiger partial charge is 0.342 e. The fourth-order valence-electron chi connectivity index (χ4n) is 3.00. The van der Waals surface area contributed by atoms with Crippen LogP contribution in [0.4, 0.5) is 18.9 Å². The predicted molar refractivity (Wildman–Crippen MR) is 98.4 cm³/mol. The molecule has 0 aliphatic carbocycles. The van der Waals surface area contributed by atoms with Gasteiger partial charge in [0.25, 0.3) is 5.56 Å². The number of anilines is 1. The van der Waals surface area contributed by atoms with Gasteiger partial charge in [-0.05, 0) is 30.3 Å². The molecule has 0 fully saturated rings. The first-order valence-electron chi connectivity index (χ1n) is 8.24. The van der Waals surface area contributed by atoms with E-state index in [2.05, 4.69) is 9.97 Å². The number of rotatable bonds is 2. The number of allylic oxidation sites excluding steroid dienone is 2. The summed E-state index contributed by atoms with van der Waals surface area (Å²) in [6.45, 7) is 0.614. The van der Waals surface area contributed by atoms with E-state index in [1.165, 1.54) is 12.1 Å². The Morgan fingerprint density at radius 2 is 1.89 bits per heavy atom. The third-order valence-electron chi connectivity index (χ3n) is 4.30. The van der Waals surface area contributed by atoms with E-state index < -0.39 is 17.3 Å². The fourth-order valence-corrected chi connectivity index (χ4v) is 3.00. The van der Waals surface area contributed by atoms with Crippen LogP contribution >= 0.6 is 0 Å². The van der Waals surface area contributed by atoms with Crippen LogP contribution in [0.2, 0.25) is 0 Å². The molecule has 4 rings (SSSR count). The standard InChI is InChI=1S/C20H14F3N3O/c21-20(22,23)14-7-4-6-13(12-14)18-24-17-15(19(27)25-18)8-5-9-16(17)26-10-2-1-3-11-26/h1-10,12H,11H2,(H,24,25,27). The molecule has 1 aromatic heterocycles. The van der Waals surface area contributed by atoms with Crippen molar-refractivity contribution in [3.63, 3.8) is 0 Å². The third-order valence-corrected chi connectivity index (χ3v) is 4.30. The molecule has 0 bridgehead atoms. The Morgan fingerprint density at radius 1 is 1.07 bits per heavy atom. The molecular formula is C20H14F3N3O. The van der Waals surface area contributed by atoms with Crippen molar-refractivity contribution in [2.24, 2.45) is 0 Å². The van der Waals surface area contributed by atoms with E-state index in [1.54, 1.807) is 12.1 Å². The normalized spacial score (nSPS) is 14.1. The molecule has 0 unspecified atom stereocenters. The SMILES string of the molecule is O=c1[nH]c(-c2cccc(C(F)(F)F)c2)nc2c(N3C=CC=CC3)cccc12. The maximum absolute atomic E-state index is 13.0. The van der Waals surface area contributed by atoms with Gasteiger partial charge >= 0.3 is 6.18 Å². The first kappa shape index (κ1) is 17.1. The van der Waals surface area contributed by atoms with E-state index in [0.29, 0.717) is 23.1 Å². The van der Waals surface area contributed by atoms with Gasteiger partial charge in [-0.25, -0.2) is 4.98 Å². The van der Waals surface area contributed by atoms with Crippen LogP contribution < -0.4 is 10.5 Å². The van der Waals surface area contributed by atoms with Crippen LogP contribution in [0.5, 0.6) is 0 Å². The second-order valence-electron chi connectivity index (χ2n) is 6.09. The summed E-state index contributed by atoms with van der Waals surface area (Å²) in [6, 6.07) is 9.98. The van der Waals surface area contributed by atoms with Crippen LogP contribution in [0, 0.1) is 0 Å². The van der Waals surface area contributed by atoms with Gasteiger partial charge in [0.05, 0.1) is 16.6 Å². The molecule has 0 atom stereocenters. The van der Waals surface area contributed by atoms with Crippen molar-refractivity contribution in [1.29, 1.82) is 0 Å². The van der Waals surface area contributed by atoms with Gasteiger partial charge in [-0.3, -0.25) is 4.79 Å². The Hall–Kier alpha value is -3.35. The van der Waals surface area contributed by atoms with E-state index >= 15 is 0 Å². The van der Waals surface area contributed by atoms with E-state index in [9.17, 15) is 18.0 Å². The Morgan fingerprint density at radius 3 is 2.63 bits per heavy atom. The van der Waals surface area contributed by atoms with E-state index in [-0.39, 0.29) is 11.4 Å². The van der Waals surface area contributed by atoms with Crippen LogP contribution in [-0.2, 0) is 6.18 Å². The van der Waals surface area contributed by atoms with Gasteiger partial charge in [-0.2, -0.15) is 13.2 Å². The molecule has 0 spiro atoms. The third kappa shape index (κ3) is 3.23. The van der Waals surface area contributed by atoms with Crippen molar-refractivity contribution in [2.75, 3.05) is 11.4 Å². The lowest BCUT2D eigenvalue weighted by Gasteiger charge is -2.21. The molecule has 0 saturated heterocycles. The van der Waals surface area contributed by atoms with Gasteiger partial charge in [0.2, 0.25) is 0 Å². The highest BCUT2D eigenvalue weighted by Crippen LogP contribution is 2.32. The maximum Gasteiger partial charge on any atom is 0.416 e. The molecule has 2 aromatic carbocycles. The van der Waals surface area contributed by atoms with Crippen LogP contribution in [0.15, 0.2) is 71.7 Å². The van der Waals surface area contributed by atoms with E-state index in [4.69, 9.17) is 0 Å². The summed E-state index contributed by atoms with van der Waals surface area (Å²) >= 11 is 0. The summed E-state index contributed by atoms with van der Waals surface area (Å²) in [5, 5.41) is 0.381. The number of aromatic nitrogens is 2. The quantitative estimate of drug-likeness (QED) is 0.724. The highest BCUT2D eigenvalue weighted by Gasteiger charge is 2.30. The molecule has 1 N–H and O–H groups in total. The highest BCUT2D eigenvalue weighted by atomic mass is 19.4. The van der Waals surface area contributed by atoms with Crippen LogP contribution in [0.25, 0.3) is 22.3 Å².